The zero-order chi connectivity index (χ0) is 73.2. The Morgan fingerprint density at radius 2 is 0.550 bits per heavy atom. The molecular formula is C81H140O17P2. The summed E-state index contributed by atoms with van der Waals surface area (Å²) in [5, 5.41) is 10.6. The molecule has 17 nitrogen and oxygen atoms in total. The van der Waals surface area contributed by atoms with Crippen molar-refractivity contribution in [3.63, 3.8) is 0 Å². The molecule has 0 rings (SSSR count). The first-order chi connectivity index (χ1) is 48.7. The Bertz CT molecular complexity index is 2320. The maximum atomic E-state index is 13.1. The number of hydrogen-bond donors (Lipinski definition) is 3. The van der Waals surface area contributed by atoms with E-state index in [0.717, 1.165) is 154 Å². The number of aliphatic hydroxyl groups is 1. The Labute approximate surface area is 607 Å². The first-order valence-corrected chi connectivity index (χ1v) is 42.1. The molecular weight excluding hydrogens is 1310 g/mol. The second kappa shape index (κ2) is 73.0. The van der Waals surface area contributed by atoms with Gasteiger partial charge in [0, 0.05) is 25.7 Å². The summed E-state index contributed by atoms with van der Waals surface area (Å²) in [5.41, 5.74) is 0. The minimum Gasteiger partial charge on any atom is -0.462 e. The molecule has 0 fully saturated rings. The minimum atomic E-state index is -4.99. The van der Waals surface area contributed by atoms with E-state index in [1.54, 1.807) is 0 Å². The summed E-state index contributed by atoms with van der Waals surface area (Å²) in [6.07, 6.45) is 77.9. The van der Waals surface area contributed by atoms with Crippen LogP contribution < -0.4 is 0 Å². The van der Waals surface area contributed by atoms with Gasteiger partial charge in [-0.1, -0.05) is 285 Å². The first-order valence-electron chi connectivity index (χ1n) is 39.1. The van der Waals surface area contributed by atoms with E-state index in [9.17, 15) is 43.2 Å². The highest BCUT2D eigenvalue weighted by molar-refractivity contribution is 7.47. The lowest BCUT2D eigenvalue weighted by Gasteiger charge is -2.21. The number of aliphatic hydroxyl groups excluding tert-OH is 1. The fourth-order valence-electron chi connectivity index (χ4n) is 10.3. The third-order valence-electron chi connectivity index (χ3n) is 16.2. The van der Waals surface area contributed by atoms with Gasteiger partial charge in [-0.25, -0.2) is 9.13 Å². The second-order valence-electron chi connectivity index (χ2n) is 25.9. The van der Waals surface area contributed by atoms with E-state index in [1.165, 1.54) is 83.5 Å². The number of esters is 4. The Hall–Kier alpha value is -4.28. The molecule has 576 valence electrons. The average Bonchev–Trinajstić information content (AvgIpc) is 0.965. The zero-order valence-corrected chi connectivity index (χ0v) is 64.6. The van der Waals surface area contributed by atoms with Crippen molar-refractivity contribution in [1.29, 1.82) is 0 Å². The molecule has 0 radical (unpaired) electrons. The molecule has 19 heteroatoms. The lowest BCUT2D eigenvalue weighted by atomic mass is 10.0. The predicted molar refractivity (Wildman–Crippen MR) is 408 cm³/mol. The number of phosphoric acid groups is 2. The Morgan fingerprint density at radius 3 is 0.900 bits per heavy atom. The van der Waals surface area contributed by atoms with Crippen LogP contribution >= 0.6 is 15.6 Å². The summed E-state index contributed by atoms with van der Waals surface area (Å²) in [6.45, 7) is 4.60. The molecule has 100 heavy (non-hydrogen) atoms. The largest absolute Gasteiger partial charge is 0.472 e. The molecule has 0 aromatic carbocycles. The van der Waals surface area contributed by atoms with Crippen molar-refractivity contribution in [1.82, 2.24) is 0 Å². The molecule has 0 saturated heterocycles. The van der Waals surface area contributed by atoms with Crippen molar-refractivity contribution < 1.29 is 80.2 Å². The average molecular weight is 1450 g/mol. The smallest absolute Gasteiger partial charge is 0.462 e. The van der Waals surface area contributed by atoms with Crippen LogP contribution in [0.15, 0.2) is 109 Å². The normalized spacial score (nSPS) is 14.5. The quantitative estimate of drug-likeness (QED) is 0.0169. The fourth-order valence-corrected chi connectivity index (χ4v) is 11.8. The number of carbonyl (C=O) groups excluding carboxylic acids is 4. The molecule has 3 N–H and O–H groups in total. The number of rotatable bonds is 73. The van der Waals surface area contributed by atoms with E-state index in [2.05, 4.69) is 125 Å². The van der Waals surface area contributed by atoms with Gasteiger partial charge in [-0.15, -0.1) is 0 Å². The Balaban J connectivity index is 5.40. The molecule has 0 aliphatic carbocycles. The lowest BCUT2D eigenvalue weighted by molar-refractivity contribution is -0.161. The monoisotopic (exact) mass is 1450 g/mol. The van der Waals surface area contributed by atoms with Crippen molar-refractivity contribution in [2.24, 2.45) is 0 Å². The molecule has 0 amide bonds. The van der Waals surface area contributed by atoms with Gasteiger partial charge >= 0.3 is 39.5 Å². The van der Waals surface area contributed by atoms with Gasteiger partial charge in [-0.2, -0.15) is 0 Å². The van der Waals surface area contributed by atoms with E-state index >= 15 is 0 Å². The minimum absolute atomic E-state index is 0.0651. The molecule has 0 saturated carbocycles. The summed E-state index contributed by atoms with van der Waals surface area (Å²) in [7, 11) is -9.97. The molecule has 0 aromatic rings. The van der Waals surface area contributed by atoms with Gasteiger partial charge < -0.3 is 33.8 Å². The summed E-state index contributed by atoms with van der Waals surface area (Å²) in [5.74, 6) is -2.26. The van der Waals surface area contributed by atoms with Gasteiger partial charge in [-0.3, -0.25) is 37.3 Å². The van der Waals surface area contributed by atoms with Crippen LogP contribution in [0, 0.1) is 0 Å². The van der Waals surface area contributed by atoms with Crippen molar-refractivity contribution in [2.45, 2.75) is 341 Å². The third-order valence-corrected chi connectivity index (χ3v) is 18.1. The lowest BCUT2D eigenvalue weighted by Crippen LogP contribution is -2.30. The summed E-state index contributed by atoms with van der Waals surface area (Å²) >= 11 is 0. The highest BCUT2D eigenvalue weighted by Crippen LogP contribution is 2.45. The Morgan fingerprint density at radius 1 is 0.290 bits per heavy atom. The maximum Gasteiger partial charge on any atom is 0.472 e. The summed E-state index contributed by atoms with van der Waals surface area (Å²) in [6, 6.07) is 0. The van der Waals surface area contributed by atoms with E-state index in [4.69, 9.17) is 37.0 Å². The third kappa shape index (κ3) is 72.1. The van der Waals surface area contributed by atoms with E-state index in [-0.39, 0.29) is 25.7 Å². The number of unbranched alkanes of at least 4 members (excludes halogenated alkanes) is 29. The molecule has 5 unspecified atom stereocenters. The molecule has 0 spiro atoms. The molecule has 0 heterocycles. The number of allylic oxidation sites excluding steroid dienone is 18. The molecule has 0 bridgehead atoms. The summed E-state index contributed by atoms with van der Waals surface area (Å²) in [4.78, 5) is 72.9. The SMILES string of the molecule is CC/C=C\C/C=C\C/C=C\C/C=C\C/C=C\CCCC(=O)OCC(COP(=O)(O)OCC(O)COP(=O)(O)OCC(COC(=O)CCCCCCC/C=C\C/C=C\CCCCC)OC(=O)CCCCCCCCCCCCCCCCC)OC(=O)CCCCCCC/C=C\C/C=C\CCC. The highest BCUT2D eigenvalue weighted by Gasteiger charge is 2.30. The van der Waals surface area contributed by atoms with Crippen LogP contribution in [-0.2, 0) is 65.4 Å². The van der Waals surface area contributed by atoms with Gasteiger partial charge in [0.2, 0.25) is 0 Å². The second-order valence-corrected chi connectivity index (χ2v) is 28.8. The van der Waals surface area contributed by atoms with Crippen LogP contribution in [-0.4, -0.2) is 96.7 Å². The first kappa shape index (κ1) is 95.7. The molecule has 0 aliphatic rings. The van der Waals surface area contributed by atoms with Crippen LogP contribution in [0.1, 0.15) is 323 Å². The van der Waals surface area contributed by atoms with Crippen LogP contribution in [0.4, 0.5) is 0 Å². The predicted octanol–water partition coefficient (Wildman–Crippen LogP) is 22.6. The number of hydrogen-bond acceptors (Lipinski definition) is 15. The van der Waals surface area contributed by atoms with Crippen molar-refractivity contribution in [3.8, 4) is 0 Å². The van der Waals surface area contributed by atoms with Gasteiger partial charge in [0.25, 0.3) is 0 Å². The van der Waals surface area contributed by atoms with Gasteiger partial charge in [0.1, 0.15) is 19.3 Å². The van der Waals surface area contributed by atoms with E-state index < -0.39 is 97.5 Å². The standard InChI is InChI=1S/C81H140O17P2/c1-5-9-13-17-21-25-29-33-36-37-40-43-46-50-54-58-62-66-79(84)92-71-76(97-80(85)67-63-59-55-51-47-41-32-28-24-20-16-12-8-4)73-95-99(87,88)93-69-75(82)70-94-100(89,90)96-74-77(98-81(86)68-64-60-56-52-48-44-39-35-31-27-23-19-15-11-7-3)72-91-78(83)65-61-57-53-49-45-42-38-34-30-26-22-18-14-10-6-2/h9,13,16,20-22,25-26,28,32-34,36,38,40,43,50,54,75-77,82H,5-8,10-12,14-15,17-19,23-24,27,29-31,35,37,39,41-42,44-49,51-53,55-74H2,1-4H3,(H,87,88)(H,89,90)/b13-9-,20-16-,25-21-,26-22-,32-28-,36-33-,38-34-,43-40-,54-50-. The van der Waals surface area contributed by atoms with Crippen molar-refractivity contribution in [3.05, 3.63) is 109 Å². The van der Waals surface area contributed by atoms with Crippen molar-refractivity contribution in [2.75, 3.05) is 39.6 Å². The zero-order valence-electron chi connectivity index (χ0n) is 62.8. The van der Waals surface area contributed by atoms with Crippen LogP contribution in [0.5, 0.6) is 0 Å². The van der Waals surface area contributed by atoms with Crippen molar-refractivity contribution >= 4 is 39.5 Å². The highest BCUT2D eigenvalue weighted by atomic mass is 31.2. The van der Waals surface area contributed by atoms with Gasteiger partial charge in [-0.05, 0) is 122 Å². The number of phosphoric ester groups is 2. The van der Waals surface area contributed by atoms with E-state index in [0.29, 0.717) is 32.1 Å². The number of carbonyl (C=O) groups is 4. The van der Waals surface area contributed by atoms with Gasteiger partial charge in [0.05, 0.1) is 26.4 Å². The summed E-state index contributed by atoms with van der Waals surface area (Å²) < 4.78 is 68.5. The molecule has 0 aliphatic heterocycles. The fraction of sp³-hybridized carbons (Fsp3) is 0.728. The van der Waals surface area contributed by atoms with Crippen LogP contribution in [0.25, 0.3) is 0 Å². The number of ether oxygens (including phenoxy) is 4. The van der Waals surface area contributed by atoms with E-state index in [1.807, 2.05) is 12.2 Å². The molecule has 5 atom stereocenters. The van der Waals surface area contributed by atoms with Crippen LogP contribution in [0.2, 0.25) is 0 Å². The van der Waals surface area contributed by atoms with Crippen LogP contribution in [0.3, 0.4) is 0 Å². The molecule has 0 aromatic heterocycles. The van der Waals surface area contributed by atoms with Gasteiger partial charge in [0.15, 0.2) is 12.2 Å². The topological polar surface area (TPSA) is 237 Å². The Kier molecular flexibility index (Phi) is 69.9. The maximum absolute atomic E-state index is 13.1.